The number of halogens is 1. The predicted octanol–water partition coefficient (Wildman–Crippen LogP) is 3.97. The largest absolute Gasteiger partial charge is 0.459 e. The zero-order valence-electron chi connectivity index (χ0n) is 36.6. The van der Waals surface area contributed by atoms with Gasteiger partial charge in [-0.1, -0.05) is 39.0 Å². The number of amides is 1. The molecule has 1 amide bonds. The third kappa shape index (κ3) is 10.6. The zero-order valence-corrected chi connectivity index (χ0v) is 37.4. The third-order valence-corrected chi connectivity index (χ3v) is 13.1. The van der Waals surface area contributed by atoms with Gasteiger partial charge in [-0.25, -0.2) is 14.4 Å². The van der Waals surface area contributed by atoms with Crippen LogP contribution in [-0.4, -0.2) is 131 Å². The minimum Gasteiger partial charge on any atom is -0.459 e. The number of anilines is 1. The van der Waals surface area contributed by atoms with Gasteiger partial charge in [-0.2, -0.15) is 5.48 Å². The predicted molar refractivity (Wildman–Crippen MR) is 222 cm³/mol. The Morgan fingerprint density at radius 3 is 2.50 bits per heavy atom. The zero-order chi connectivity index (χ0) is 44.4. The van der Waals surface area contributed by atoms with E-state index in [2.05, 4.69) is 15.5 Å². The number of aliphatic hydroxyl groups is 2. The van der Waals surface area contributed by atoms with Gasteiger partial charge < -0.3 is 44.5 Å². The highest BCUT2D eigenvalue weighted by atomic mass is 32.1. The Bertz CT molecular complexity index is 1880. The molecule has 60 heavy (non-hydrogen) atoms. The van der Waals surface area contributed by atoms with E-state index in [0.29, 0.717) is 22.4 Å². The minimum atomic E-state index is -1.87. The van der Waals surface area contributed by atoms with Crippen molar-refractivity contribution < 1.29 is 57.5 Å². The standard InChI is InChI=1S/C42H64FN5O11S/c1-12-31-42(9,53)37-22(4)32(45-25(7)49)20(2)16-41(8,55-19-27(18-54-37)47-56-17-26-14-28(43)33-30(15-26)60-40(44)46-33)36(23(5)34(50)24(6)38(52)58-31)59-39-35(51)29(48(10)11)13-21(3)57-39/h14-15,20-24,27,29,31,35-37,39,47,51,53H,12-13,16-19H2,1-11H3,(H2,44,46)/t20-,21-,22+,23+,24-,27?,29+,31-,35-,36-,37-,39+,41-,42-/m1/s1. The van der Waals surface area contributed by atoms with Crippen LogP contribution in [0.2, 0.25) is 0 Å². The van der Waals surface area contributed by atoms with Crippen LogP contribution in [-0.2, 0) is 49.5 Å². The Morgan fingerprint density at radius 2 is 1.85 bits per heavy atom. The van der Waals surface area contributed by atoms with Crippen LogP contribution in [0.5, 0.6) is 0 Å². The van der Waals surface area contributed by atoms with Gasteiger partial charge in [-0.15, -0.1) is 0 Å². The van der Waals surface area contributed by atoms with Crippen LogP contribution in [0.4, 0.5) is 9.52 Å². The van der Waals surface area contributed by atoms with E-state index in [0.717, 1.165) is 11.3 Å². The first-order valence-electron chi connectivity index (χ1n) is 20.8. The van der Waals surface area contributed by atoms with Crippen LogP contribution in [0.25, 0.3) is 10.2 Å². The number of benzene rings is 1. The number of carbonyl (C=O) groups is 3. The van der Waals surface area contributed by atoms with E-state index in [9.17, 15) is 29.0 Å². The third-order valence-electron chi connectivity index (χ3n) is 12.2. The summed E-state index contributed by atoms with van der Waals surface area (Å²) in [6.07, 6.45) is -5.26. The Balaban J connectivity index is 1.63. The SMILES string of the molecule is CC[C@H]1OC(=O)[C@H](C)C(=O)[C@H](C)[C@@H](O[C@@H]2O[C@H](C)C[C@H](N(C)C)[C@H]2O)[C@@]2(C)C[C@@H](C)C(=NC(C)=O)[C@H](C)[C@@H](OCC(NOCc3cc(F)c4nc(N)sc4c3)CO2)[C@]1(C)O. The van der Waals surface area contributed by atoms with Crippen LogP contribution in [0.3, 0.4) is 0 Å². The molecule has 2 bridgehead atoms. The van der Waals surface area contributed by atoms with E-state index >= 15 is 0 Å². The van der Waals surface area contributed by atoms with Gasteiger partial charge in [0.15, 0.2) is 23.0 Å². The maximum atomic E-state index is 15.0. The van der Waals surface area contributed by atoms with Crippen molar-refractivity contribution in [3.63, 3.8) is 0 Å². The lowest BCUT2D eigenvalue weighted by atomic mass is 9.73. The Kier molecular flexibility index (Phi) is 15.6. The summed E-state index contributed by atoms with van der Waals surface area (Å²) in [5.41, 5.74) is 6.63. The van der Waals surface area contributed by atoms with Gasteiger partial charge in [0.1, 0.15) is 29.2 Å². The van der Waals surface area contributed by atoms with Crippen molar-refractivity contribution in [2.75, 3.05) is 33.0 Å². The molecule has 1 aromatic heterocycles. The van der Waals surface area contributed by atoms with Crippen LogP contribution < -0.4 is 11.2 Å². The van der Waals surface area contributed by atoms with Crippen molar-refractivity contribution in [2.24, 2.45) is 28.7 Å². The molecule has 2 aromatic rings. The monoisotopic (exact) mass is 865 g/mol. The number of ketones is 1. The van der Waals surface area contributed by atoms with Crippen molar-refractivity contribution in [1.82, 2.24) is 15.4 Å². The second kappa shape index (κ2) is 19.6. The summed E-state index contributed by atoms with van der Waals surface area (Å²) in [5.74, 6) is -5.98. The quantitative estimate of drug-likeness (QED) is 0.168. The molecular weight excluding hydrogens is 802 g/mol. The number of nitrogens with two attached hydrogens (primary N) is 1. The van der Waals surface area contributed by atoms with E-state index in [1.807, 2.05) is 32.8 Å². The molecule has 4 heterocycles. The molecule has 3 aliphatic heterocycles. The van der Waals surface area contributed by atoms with Crippen LogP contribution in [0.1, 0.15) is 87.1 Å². The molecule has 0 aliphatic carbocycles. The summed E-state index contributed by atoms with van der Waals surface area (Å²) in [5, 5.41) is 24.3. The first kappa shape index (κ1) is 48.0. The second-order valence-corrected chi connectivity index (χ2v) is 18.6. The van der Waals surface area contributed by atoms with E-state index < -0.39 is 95.1 Å². The average Bonchev–Trinajstić information content (AvgIpc) is 3.55. The van der Waals surface area contributed by atoms with E-state index in [1.54, 1.807) is 33.8 Å². The highest BCUT2D eigenvalue weighted by Gasteiger charge is 2.53. The second-order valence-electron chi connectivity index (χ2n) is 17.5. The number of nitrogens with zero attached hydrogens (tertiary/aromatic N) is 3. The number of thiazole rings is 1. The summed E-state index contributed by atoms with van der Waals surface area (Å²) in [4.78, 5) is 57.6. The van der Waals surface area contributed by atoms with Gasteiger partial charge in [-0.05, 0) is 84.7 Å². The van der Waals surface area contributed by atoms with Crippen LogP contribution in [0.15, 0.2) is 17.1 Å². The molecule has 0 spiro atoms. The molecule has 3 aliphatic rings. The number of Topliss-reactive ketones (excluding diaryl/α,β-unsaturated/α-hetero) is 1. The summed E-state index contributed by atoms with van der Waals surface area (Å²) in [7, 11) is 3.71. The summed E-state index contributed by atoms with van der Waals surface area (Å²) in [6, 6.07) is 1.95. The van der Waals surface area contributed by atoms with Gasteiger partial charge in [-0.3, -0.25) is 19.2 Å². The van der Waals surface area contributed by atoms with Crippen molar-refractivity contribution in [1.29, 1.82) is 0 Å². The number of fused-ring (bicyclic) bond motifs is 6. The lowest BCUT2D eigenvalue weighted by Gasteiger charge is -2.47. The Hall–Kier alpha value is -3.04. The fourth-order valence-corrected chi connectivity index (χ4v) is 9.90. The fraction of sp³-hybridized carbons (Fsp3) is 0.738. The molecule has 16 nitrogen and oxygen atoms in total. The van der Waals surface area contributed by atoms with Gasteiger partial charge >= 0.3 is 5.97 Å². The number of rotatable bonds is 8. The van der Waals surface area contributed by atoms with E-state index in [4.69, 9.17) is 34.3 Å². The van der Waals surface area contributed by atoms with Crippen molar-refractivity contribution >= 4 is 50.1 Å². The number of hydrogen-bond acceptors (Lipinski definition) is 16. The number of carbonyl (C=O) groups excluding carboxylic acids is 3. The van der Waals surface area contributed by atoms with Gasteiger partial charge in [0.2, 0.25) is 5.91 Å². The highest BCUT2D eigenvalue weighted by molar-refractivity contribution is 7.22. The molecule has 5 rings (SSSR count). The number of cyclic esters (lactones) is 1. The first-order valence-corrected chi connectivity index (χ1v) is 21.6. The van der Waals surface area contributed by atoms with Crippen molar-refractivity contribution in [2.45, 2.75) is 148 Å². The molecule has 18 heteroatoms. The number of nitrogen functional groups attached to an aromatic ring is 1. The molecule has 1 unspecified atom stereocenters. The number of aliphatic imine (C=N–C) groups is 1. The molecule has 3 fully saturated rings. The number of likely N-dealkylation sites (N-methyl/N-ethyl adjacent to an activating group) is 1. The lowest BCUT2D eigenvalue weighted by molar-refractivity contribution is -0.298. The summed E-state index contributed by atoms with van der Waals surface area (Å²) in [6.45, 7) is 14.7. The highest BCUT2D eigenvalue weighted by Crippen LogP contribution is 2.40. The molecule has 0 radical (unpaired) electrons. The molecule has 14 atom stereocenters. The maximum absolute atomic E-state index is 15.0. The minimum absolute atomic E-state index is 0.0758. The molecule has 0 saturated carbocycles. The smallest absolute Gasteiger partial charge is 0.316 e. The van der Waals surface area contributed by atoms with Gasteiger partial charge in [0.25, 0.3) is 0 Å². The van der Waals surface area contributed by atoms with Crippen molar-refractivity contribution in [3.8, 4) is 0 Å². The van der Waals surface area contributed by atoms with Crippen molar-refractivity contribution in [3.05, 3.63) is 23.5 Å². The van der Waals surface area contributed by atoms with Crippen LogP contribution >= 0.6 is 11.3 Å². The Labute approximate surface area is 355 Å². The summed E-state index contributed by atoms with van der Waals surface area (Å²) >= 11 is 1.15. The number of hydrogen-bond donors (Lipinski definition) is 4. The number of aromatic nitrogens is 1. The summed E-state index contributed by atoms with van der Waals surface area (Å²) < 4.78 is 48.0. The van der Waals surface area contributed by atoms with Gasteiger partial charge in [0.05, 0.1) is 54.5 Å². The Morgan fingerprint density at radius 1 is 1.15 bits per heavy atom. The normalized spacial score (nSPS) is 38.4. The number of aliphatic hydroxyl groups excluding tert-OH is 1. The van der Waals surface area contributed by atoms with E-state index in [1.165, 1.54) is 26.8 Å². The maximum Gasteiger partial charge on any atom is 0.316 e. The lowest BCUT2D eigenvalue weighted by Crippen LogP contribution is -2.60. The first-order chi connectivity index (χ1) is 28.1. The average molecular weight is 866 g/mol. The topological polar surface area (TPSA) is 214 Å². The number of ether oxygens (including phenoxy) is 5. The molecule has 336 valence electrons. The van der Waals surface area contributed by atoms with E-state index in [-0.39, 0.29) is 55.5 Å². The van der Waals surface area contributed by atoms with Crippen LogP contribution in [0, 0.1) is 29.5 Å². The molecular formula is C42H64FN5O11S. The fourth-order valence-electron chi connectivity index (χ4n) is 9.09. The molecule has 1 aromatic carbocycles. The van der Waals surface area contributed by atoms with Gasteiger partial charge in [0, 0.05) is 30.5 Å². The molecule has 5 N–H and O–H groups in total. The molecule has 3 saturated heterocycles. The number of nitrogens with one attached hydrogen (secondary N) is 1. The number of hydroxylamine groups is 1. The number of esters is 1.